The number of likely N-dealkylation sites (tertiary alicyclic amines) is 1. The lowest BCUT2D eigenvalue weighted by Gasteiger charge is -2.31. The molecule has 2 rings (SSSR count). The molecule has 5 heteroatoms. The maximum Gasteiger partial charge on any atom is 0.303 e. The van der Waals surface area contributed by atoms with Gasteiger partial charge in [0.2, 0.25) is 5.91 Å². The van der Waals surface area contributed by atoms with Gasteiger partial charge in [0, 0.05) is 18.7 Å². The fourth-order valence-corrected chi connectivity index (χ4v) is 2.63. The molecule has 1 fully saturated rings. The molecule has 1 aliphatic rings. The molecule has 1 saturated heterocycles. The summed E-state index contributed by atoms with van der Waals surface area (Å²) in [4.78, 5) is 24.7. The number of anilines is 1. The number of carboxylic acid groups (broad SMARTS) is 1. The molecule has 5 nitrogen and oxygen atoms in total. The van der Waals surface area contributed by atoms with Gasteiger partial charge >= 0.3 is 5.97 Å². The number of para-hydroxylation sites is 1. The fraction of sp³-hybridized carbons (Fsp3) is 0.467. The molecule has 0 aliphatic carbocycles. The van der Waals surface area contributed by atoms with Crippen LogP contribution in [-0.2, 0) is 9.59 Å². The Morgan fingerprint density at radius 2 is 2.05 bits per heavy atom. The Hall–Kier alpha value is -1.88. The van der Waals surface area contributed by atoms with Crippen molar-refractivity contribution < 1.29 is 14.7 Å². The first-order chi connectivity index (χ1) is 9.63. The van der Waals surface area contributed by atoms with Crippen molar-refractivity contribution in [2.45, 2.75) is 19.3 Å². The molecule has 0 aromatic heterocycles. The molecule has 1 unspecified atom stereocenters. The molecule has 0 bridgehead atoms. The highest BCUT2D eigenvalue weighted by molar-refractivity contribution is 5.92. The van der Waals surface area contributed by atoms with Gasteiger partial charge < -0.3 is 10.4 Å². The zero-order chi connectivity index (χ0) is 14.4. The first-order valence-corrected chi connectivity index (χ1v) is 6.92. The number of hydrogen-bond donors (Lipinski definition) is 2. The van der Waals surface area contributed by atoms with Crippen LogP contribution in [0, 0.1) is 5.92 Å². The van der Waals surface area contributed by atoms with Gasteiger partial charge in [-0.1, -0.05) is 18.2 Å². The molecule has 20 heavy (non-hydrogen) atoms. The lowest BCUT2D eigenvalue weighted by Crippen LogP contribution is -2.41. The van der Waals surface area contributed by atoms with E-state index >= 15 is 0 Å². The zero-order valence-corrected chi connectivity index (χ0v) is 11.4. The van der Waals surface area contributed by atoms with Gasteiger partial charge in [-0.25, -0.2) is 0 Å². The highest BCUT2D eigenvalue weighted by atomic mass is 16.4. The van der Waals surface area contributed by atoms with Gasteiger partial charge in [0.25, 0.3) is 0 Å². The van der Waals surface area contributed by atoms with Crippen molar-refractivity contribution in [2.24, 2.45) is 5.92 Å². The van der Waals surface area contributed by atoms with Gasteiger partial charge in [0.05, 0.1) is 6.54 Å². The molecule has 2 N–H and O–H groups in total. The summed E-state index contributed by atoms with van der Waals surface area (Å²) < 4.78 is 0. The minimum absolute atomic E-state index is 0.0489. The first-order valence-electron chi connectivity index (χ1n) is 6.92. The number of rotatable bonds is 5. The van der Waals surface area contributed by atoms with Crippen molar-refractivity contribution in [1.29, 1.82) is 0 Å². The molecule has 1 aromatic rings. The minimum atomic E-state index is -0.759. The standard InChI is InChI=1S/C15H20N2O3/c18-14(16-13-6-2-1-3-7-13)11-17-8-4-5-12(10-17)9-15(19)20/h1-3,6-7,12H,4-5,8-11H2,(H,16,18)(H,19,20). The van der Waals surface area contributed by atoms with Crippen molar-refractivity contribution in [3.05, 3.63) is 30.3 Å². The van der Waals surface area contributed by atoms with Gasteiger partial charge in [-0.15, -0.1) is 0 Å². The Morgan fingerprint density at radius 1 is 1.30 bits per heavy atom. The minimum Gasteiger partial charge on any atom is -0.481 e. The smallest absolute Gasteiger partial charge is 0.303 e. The molecule has 1 amide bonds. The number of hydrogen-bond acceptors (Lipinski definition) is 3. The number of nitrogens with one attached hydrogen (secondary N) is 1. The lowest BCUT2D eigenvalue weighted by molar-refractivity contribution is -0.138. The van der Waals surface area contributed by atoms with Crippen LogP contribution in [0.4, 0.5) is 5.69 Å². The highest BCUT2D eigenvalue weighted by Crippen LogP contribution is 2.19. The van der Waals surface area contributed by atoms with Crippen molar-refractivity contribution in [1.82, 2.24) is 4.90 Å². The summed E-state index contributed by atoms with van der Waals surface area (Å²) in [5.41, 5.74) is 0.789. The average Bonchev–Trinajstić information content (AvgIpc) is 2.39. The van der Waals surface area contributed by atoms with Crippen LogP contribution in [0.3, 0.4) is 0 Å². The second kappa shape index (κ2) is 7.05. The summed E-state index contributed by atoms with van der Waals surface area (Å²) >= 11 is 0. The number of carboxylic acids is 1. The van der Waals surface area contributed by atoms with E-state index in [2.05, 4.69) is 5.32 Å². The molecule has 1 aliphatic heterocycles. The molecule has 0 spiro atoms. The highest BCUT2D eigenvalue weighted by Gasteiger charge is 2.23. The summed E-state index contributed by atoms with van der Waals surface area (Å²) in [6.07, 6.45) is 2.08. The van der Waals surface area contributed by atoms with Crippen LogP contribution in [0.2, 0.25) is 0 Å². The molecule has 0 saturated carbocycles. The molecule has 1 aromatic carbocycles. The van der Waals surface area contributed by atoms with E-state index in [9.17, 15) is 9.59 Å². The van der Waals surface area contributed by atoms with Crippen molar-refractivity contribution in [2.75, 3.05) is 25.0 Å². The van der Waals surface area contributed by atoms with Crippen LogP contribution in [-0.4, -0.2) is 41.5 Å². The summed E-state index contributed by atoms with van der Waals surface area (Å²) in [5, 5.41) is 11.7. The normalized spacial score (nSPS) is 19.5. The van der Waals surface area contributed by atoms with Crippen molar-refractivity contribution >= 4 is 17.6 Å². The van der Waals surface area contributed by atoms with Crippen LogP contribution in [0.15, 0.2) is 30.3 Å². The lowest BCUT2D eigenvalue weighted by atomic mass is 9.95. The van der Waals surface area contributed by atoms with Crippen molar-refractivity contribution in [3.8, 4) is 0 Å². The van der Waals surface area contributed by atoms with Gasteiger partial charge in [-0.2, -0.15) is 0 Å². The van der Waals surface area contributed by atoms with E-state index in [0.29, 0.717) is 13.1 Å². The predicted molar refractivity (Wildman–Crippen MR) is 76.5 cm³/mol. The zero-order valence-electron chi connectivity index (χ0n) is 11.4. The van der Waals surface area contributed by atoms with Crippen LogP contribution in [0.25, 0.3) is 0 Å². The molecular weight excluding hydrogens is 256 g/mol. The summed E-state index contributed by atoms with van der Waals surface area (Å²) in [7, 11) is 0. The maximum absolute atomic E-state index is 11.9. The predicted octanol–water partition coefficient (Wildman–Crippen LogP) is 1.81. The van der Waals surface area contributed by atoms with Gasteiger partial charge in [-0.3, -0.25) is 14.5 Å². The number of benzene rings is 1. The van der Waals surface area contributed by atoms with Gasteiger partial charge in [0.15, 0.2) is 0 Å². The largest absolute Gasteiger partial charge is 0.481 e. The SMILES string of the molecule is O=C(O)CC1CCCN(CC(=O)Nc2ccccc2)C1. The summed E-state index contributed by atoms with van der Waals surface area (Å²) in [6, 6.07) is 9.35. The first kappa shape index (κ1) is 14.5. The Balaban J connectivity index is 1.80. The molecule has 1 heterocycles. The van der Waals surface area contributed by atoms with Crippen LogP contribution in [0.5, 0.6) is 0 Å². The van der Waals surface area contributed by atoms with Gasteiger partial charge in [-0.05, 0) is 37.4 Å². The van der Waals surface area contributed by atoms with E-state index in [-0.39, 0.29) is 18.2 Å². The van der Waals surface area contributed by atoms with E-state index in [4.69, 9.17) is 5.11 Å². The number of aliphatic carboxylic acids is 1. The quantitative estimate of drug-likeness (QED) is 0.860. The molecule has 108 valence electrons. The second-order valence-corrected chi connectivity index (χ2v) is 5.26. The fourth-order valence-electron chi connectivity index (χ4n) is 2.63. The van der Waals surface area contributed by atoms with E-state index in [0.717, 1.165) is 25.1 Å². The van der Waals surface area contributed by atoms with Crippen LogP contribution < -0.4 is 5.32 Å². The number of carbonyl (C=O) groups is 2. The third-order valence-electron chi connectivity index (χ3n) is 3.49. The van der Waals surface area contributed by atoms with E-state index in [1.54, 1.807) is 0 Å². The number of carbonyl (C=O) groups excluding carboxylic acids is 1. The van der Waals surface area contributed by atoms with E-state index in [1.807, 2.05) is 35.2 Å². The monoisotopic (exact) mass is 276 g/mol. The maximum atomic E-state index is 11.9. The molecule has 0 radical (unpaired) electrons. The van der Waals surface area contributed by atoms with Gasteiger partial charge in [0.1, 0.15) is 0 Å². The van der Waals surface area contributed by atoms with E-state index in [1.165, 1.54) is 0 Å². The molecular formula is C15H20N2O3. The Bertz CT molecular complexity index is 461. The van der Waals surface area contributed by atoms with Crippen molar-refractivity contribution in [3.63, 3.8) is 0 Å². The third kappa shape index (κ3) is 4.66. The Morgan fingerprint density at radius 3 is 2.75 bits per heavy atom. The Kier molecular flexibility index (Phi) is 5.12. The Labute approximate surface area is 118 Å². The second-order valence-electron chi connectivity index (χ2n) is 5.26. The van der Waals surface area contributed by atoms with Crippen LogP contribution >= 0.6 is 0 Å². The summed E-state index contributed by atoms with van der Waals surface area (Å²) in [5.74, 6) is -0.650. The number of piperidine rings is 1. The number of amides is 1. The average molecular weight is 276 g/mol. The topological polar surface area (TPSA) is 69.6 Å². The van der Waals surface area contributed by atoms with E-state index < -0.39 is 5.97 Å². The van der Waals surface area contributed by atoms with Crippen LogP contribution in [0.1, 0.15) is 19.3 Å². The number of nitrogens with zero attached hydrogens (tertiary/aromatic N) is 1. The third-order valence-corrected chi connectivity index (χ3v) is 3.49. The summed E-state index contributed by atoms with van der Waals surface area (Å²) in [6.45, 7) is 1.87. The molecule has 1 atom stereocenters.